The number of amides is 4. The highest BCUT2D eigenvalue weighted by Gasteiger charge is 2.34. The van der Waals surface area contributed by atoms with E-state index < -0.39 is 18.0 Å². The molecule has 2 aromatic carbocycles. The predicted octanol–water partition coefficient (Wildman–Crippen LogP) is 2.92. The van der Waals surface area contributed by atoms with Crippen LogP contribution >= 0.6 is 0 Å². The lowest BCUT2D eigenvalue weighted by Gasteiger charge is -2.37. The van der Waals surface area contributed by atoms with Crippen LogP contribution in [0.25, 0.3) is 0 Å². The van der Waals surface area contributed by atoms with Crippen LogP contribution in [-0.2, 0) is 9.59 Å². The first-order chi connectivity index (χ1) is 14.6. The topological polar surface area (TPSA) is 90.5 Å². The first-order valence-electron chi connectivity index (χ1n) is 10.3. The first-order valence-corrected chi connectivity index (χ1v) is 10.3. The fraction of sp³-hybridized carbons (Fsp3) is 0.348. The number of imide groups is 1. The lowest BCUT2D eigenvalue weighted by Crippen LogP contribution is -2.50. The van der Waals surface area contributed by atoms with Gasteiger partial charge in [-0.3, -0.25) is 19.8 Å². The number of urea groups is 1. The molecule has 0 radical (unpaired) electrons. The highest BCUT2D eigenvalue weighted by molar-refractivity contribution is 5.97. The van der Waals surface area contributed by atoms with Crippen molar-refractivity contribution in [1.82, 2.24) is 15.5 Å². The van der Waals surface area contributed by atoms with Gasteiger partial charge in [0.1, 0.15) is 6.04 Å². The van der Waals surface area contributed by atoms with Crippen LogP contribution in [0.2, 0.25) is 0 Å². The molecule has 0 spiro atoms. The summed E-state index contributed by atoms with van der Waals surface area (Å²) < 4.78 is 0. The minimum absolute atomic E-state index is 0.0538. The van der Waals surface area contributed by atoms with Gasteiger partial charge in [-0.25, -0.2) is 4.79 Å². The summed E-state index contributed by atoms with van der Waals surface area (Å²) in [5, 5.41) is 7.97. The zero-order valence-corrected chi connectivity index (χ0v) is 17.1. The number of hydrogen-bond donors (Lipinski definition) is 3. The van der Waals surface area contributed by atoms with Crippen LogP contribution < -0.4 is 16.0 Å². The molecule has 1 heterocycles. The minimum Gasteiger partial charge on any atom is -0.338 e. The summed E-state index contributed by atoms with van der Waals surface area (Å²) in [6.45, 7) is 3.35. The monoisotopic (exact) mass is 408 g/mol. The van der Waals surface area contributed by atoms with Crippen LogP contribution in [0.15, 0.2) is 60.7 Å². The van der Waals surface area contributed by atoms with Crippen molar-refractivity contribution in [3.63, 3.8) is 0 Å². The van der Waals surface area contributed by atoms with Gasteiger partial charge < -0.3 is 10.6 Å². The lowest BCUT2D eigenvalue weighted by atomic mass is 9.93. The third-order valence-corrected chi connectivity index (χ3v) is 5.17. The van der Waals surface area contributed by atoms with E-state index in [1.54, 1.807) is 6.92 Å². The molecular weight excluding hydrogens is 380 g/mol. The molecule has 7 nitrogen and oxygen atoms in total. The zero-order valence-electron chi connectivity index (χ0n) is 17.1. The maximum atomic E-state index is 13.0. The highest BCUT2D eigenvalue weighted by atomic mass is 16.2. The van der Waals surface area contributed by atoms with Crippen LogP contribution in [-0.4, -0.2) is 42.4 Å². The summed E-state index contributed by atoms with van der Waals surface area (Å²) in [6.07, 6.45) is 1.55. The zero-order chi connectivity index (χ0) is 21.3. The van der Waals surface area contributed by atoms with Gasteiger partial charge in [-0.15, -0.1) is 0 Å². The Labute approximate surface area is 176 Å². The molecule has 7 heteroatoms. The average molecular weight is 409 g/mol. The number of hydrogen-bond acceptors (Lipinski definition) is 4. The van der Waals surface area contributed by atoms with E-state index in [1.165, 1.54) is 0 Å². The summed E-state index contributed by atoms with van der Waals surface area (Å²) in [5.41, 5.74) is 1.55. The third kappa shape index (κ3) is 5.67. The molecule has 3 N–H and O–H groups in total. The van der Waals surface area contributed by atoms with E-state index in [9.17, 15) is 14.4 Å². The van der Waals surface area contributed by atoms with Crippen molar-refractivity contribution < 1.29 is 14.4 Å². The largest absolute Gasteiger partial charge is 0.338 e. The van der Waals surface area contributed by atoms with E-state index in [0.717, 1.165) is 24.1 Å². The molecule has 3 rings (SSSR count). The first kappa shape index (κ1) is 21.5. The van der Waals surface area contributed by atoms with Crippen molar-refractivity contribution in [3.8, 4) is 0 Å². The number of likely N-dealkylation sites (tertiary alicyclic amines) is 1. The number of rotatable bonds is 6. The summed E-state index contributed by atoms with van der Waals surface area (Å²) in [7, 11) is 0. The lowest BCUT2D eigenvalue weighted by molar-refractivity contribution is -0.129. The van der Waals surface area contributed by atoms with E-state index in [4.69, 9.17) is 0 Å². The molecule has 0 saturated carbocycles. The molecule has 0 aromatic heterocycles. The molecule has 2 aromatic rings. The Kier molecular flexibility index (Phi) is 7.57. The molecule has 0 bridgehead atoms. The van der Waals surface area contributed by atoms with Crippen LogP contribution in [0.4, 0.5) is 10.5 Å². The Hall–Kier alpha value is -3.19. The van der Waals surface area contributed by atoms with Gasteiger partial charge in [0.2, 0.25) is 11.8 Å². The van der Waals surface area contributed by atoms with Gasteiger partial charge in [-0.1, -0.05) is 48.5 Å². The summed E-state index contributed by atoms with van der Waals surface area (Å²) in [6, 6.07) is 17.6. The maximum absolute atomic E-state index is 13.0. The van der Waals surface area contributed by atoms with Gasteiger partial charge in [0, 0.05) is 18.8 Å². The number of anilines is 1. The summed E-state index contributed by atoms with van der Waals surface area (Å²) in [4.78, 5) is 39.7. The van der Waals surface area contributed by atoms with Crippen molar-refractivity contribution in [2.24, 2.45) is 5.92 Å². The van der Waals surface area contributed by atoms with Gasteiger partial charge in [-0.05, 0) is 44.0 Å². The third-order valence-electron chi connectivity index (χ3n) is 5.17. The fourth-order valence-electron chi connectivity index (χ4n) is 3.77. The van der Waals surface area contributed by atoms with Crippen molar-refractivity contribution in [2.75, 3.05) is 25.0 Å². The maximum Gasteiger partial charge on any atom is 0.321 e. The Morgan fingerprint density at radius 2 is 1.70 bits per heavy atom. The molecular formula is C23H28N4O3. The Morgan fingerprint density at radius 1 is 1.03 bits per heavy atom. The quantitative estimate of drug-likeness (QED) is 0.686. The Balaban J connectivity index is 1.74. The van der Waals surface area contributed by atoms with E-state index in [0.29, 0.717) is 19.6 Å². The molecule has 1 saturated heterocycles. The van der Waals surface area contributed by atoms with E-state index in [2.05, 4.69) is 16.0 Å². The number of piperidine rings is 1. The second-order valence-corrected chi connectivity index (χ2v) is 7.35. The average Bonchev–Trinajstić information content (AvgIpc) is 2.76. The fourth-order valence-corrected chi connectivity index (χ4v) is 3.77. The van der Waals surface area contributed by atoms with Crippen molar-refractivity contribution in [3.05, 3.63) is 66.2 Å². The van der Waals surface area contributed by atoms with E-state index >= 15 is 0 Å². The molecule has 0 aliphatic carbocycles. The highest BCUT2D eigenvalue weighted by Crippen LogP contribution is 2.28. The van der Waals surface area contributed by atoms with Crippen molar-refractivity contribution >= 4 is 23.5 Å². The van der Waals surface area contributed by atoms with Gasteiger partial charge in [-0.2, -0.15) is 0 Å². The van der Waals surface area contributed by atoms with Crippen LogP contribution in [0.1, 0.15) is 31.4 Å². The van der Waals surface area contributed by atoms with Crippen LogP contribution in [0.5, 0.6) is 0 Å². The Bertz CT molecular complexity index is 857. The molecule has 158 valence electrons. The van der Waals surface area contributed by atoms with Gasteiger partial charge in [0.05, 0.1) is 5.92 Å². The number of nitrogens with zero attached hydrogens (tertiary/aromatic N) is 1. The Morgan fingerprint density at radius 3 is 2.37 bits per heavy atom. The van der Waals surface area contributed by atoms with E-state index in [-0.39, 0.29) is 11.8 Å². The number of carbonyl (C=O) groups excluding carboxylic acids is 3. The summed E-state index contributed by atoms with van der Waals surface area (Å²) in [5.74, 6) is -0.680. The predicted molar refractivity (Wildman–Crippen MR) is 116 cm³/mol. The van der Waals surface area contributed by atoms with Gasteiger partial charge >= 0.3 is 6.03 Å². The second-order valence-electron chi connectivity index (χ2n) is 7.35. The number of para-hydroxylation sites is 1. The second kappa shape index (κ2) is 10.5. The van der Waals surface area contributed by atoms with Crippen molar-refractivity contribution in [1.29, 1.82) is 0 Å². The van der Waals surface area contributed by atoms with Gasteiger partial charge in [0.25, 0.3) is 0 Å². The molecule has 2 atom stereocenters. The standard InChI is InChI=1S/C23H28N4O3/c1-2-24-23(30)26-22(29)20(17-10-5-3-6-11-17)27-15-9-12-18(16-27)21(28)25-19-13-7-4-8-14-19/h3-8,10-11,13-14,18,20H,2,9,12,15-16H2,1H3,(H,25,28)(H2,24,26,29,30). The minimum atomic E-state index is -0.638. The molecule has 1 aliphatic heterocycles. The molecule has 1 aliphatic rings. The SMILES string of the molecule is CCNC(=O)NC(=O)C(c1ccccc1)N1CCCC(C(=O)Nc2ccccc2)C1. The normalized spacial score (nSPS) is 17.6. The molecule has 30 heavy (non-hydrogen) atoms. The van der Waals surface area contributed by atoms with E-state index in [1.807, 2.05) is 65.6 Å². The summed E-state index contributed by atoms with van der Waals surface area (Å²) >= 11 is 0. The molecule has 1 fully saturated rings. The number of benzene rings is 2. The van der Waals surface area contributed by atoms with Gasteiger partial charge in [0.15, 0.2) is 0 Å². The number of carbonyl (C=O) groups is 3. The van der Waals surface area contributed by atoms with Crippen molar-refractivity contribution in [2.45, 2.75) is 25.8 Å². The smallest absolute Gasteiger partial charge is 0.321 e. The number of nitrogens with one attached hydrogen (secondary N) is 3. The van der Waals surface area contributed by atoms with Crippen LogP contribution in [0, 0.1) is 5.92 Å². The molecule has 2 unspecified atom stereocenters. The molecule has 4 amide bonds. The van der Waals surface area contributed by atoms with Crippen LogP contribution in [0.3, 0.4) is 0 Å².